The molecular formula is C11H14BrN3O3S. The standard InChI is InChI=1S/C11H14BrN3O3S/c12-9-5-8(13)1-2-10(9)19(17,18)15-4-3-7(6-15)11(14)16/h1-2,5,7H,3-4,6,13H2,(H2,14,16). The van der Waals surface area contributed by atoms with Crippen molar-refractivity contribution in [3.05, 3.63) is 22.7 Å². The number of amides is 1. The summed E-state index contributed by atoms with van der Waals surface area (Å²) in [4.78, 5) is 11.2. The molecule has 8 heteroatoms. The van der Waals surface area contributed by atoms with Gasteiger partial charge in [0.2, 0.25) is 15.9 Å². The molecule has 1 aliphatic heterocycles. The van der Waals surface area contributed by atoms with Crippen molar-refractivity contribution in [2.45, 2.75) is 11.3 Å². The number of carbonyl (C=O) groups is 1. The van der Waals surface area contributed by atoms with Crippen LogP contribution in [0.2, 0.25) is 0 Å². The van der Waals surface area contributed by atoms with Crippen LogP contribution in [0.4, 0.5) is 5.69 Å². The third-order valence-electron chi connectivity index (χ3n) is 3.13. The van der Waals surface area contributed by atoms with E-state index in [1.54, 1.807) is 0 Å². The first-order chi connectivity index (χ1) is 8.82. The maximum Gasteiger partial charge on any atom is 0.244 e. The van der Waals surface area contributed by atoms with Gasteiger partial charge in [-0.2, -0.15) is 4.31 Å². The van der Waals surface area contributed by atoms with E-state index in [9.17, 15) is 13.2 Å². The van der Waals surface area contributed by atoms with Crippen molar-refractivity contribution < 1.29 is 13.2 Å². The van der Waals surface area contributed by atoms with E-state index < -0.39 is 21.8 Å². The Bertz CT molecular complexity index is 618. The maximum absolute atomic E-state index is 12.4. The Morgan fingerprint density at radius 1 is 1.42 bits per heavy atom. The van der Waals surface area contributed by atoms with E-state index in [0.29, 0.717) is 23.1 Å². The smallest absolute Gasteiger partial charge is 0.244 e. The summed E-state index contributed by atoms with van der Waals surface area (Å²) in [7, 11) is -3.63. The number of primary amides is 1. The van der Waals surface area contributed by atoms with Gasteiger partial charge in [0.15, 0.2) is 0 Å². The lowest BCUT2D eigenvalue weighted by Crippen LogP contribution is -2.32. The Balaban J connectivity index is 2.31. The third-order valence-corrected chi connectivity index (χ3v) is 5.97. The van der Waals surface area contributed by atoms with Crippen LogP contribution in [0.5, 0.6) is 0 Å². The van der Waals surface area contributed by atoms with Gasteiger partial charge in [0.25, 0.3) is 0 Å². The second-order valence-electron chi connectivity index (χ2n) is 4.44. The molecule has 1 heterocycles. The van der Waals surface area contributed by atoms with Gasteiger partial charge in [0.05, 0.1) is 10.8 Å². The molecule has 1 aliphatic rings. The van der Waals surface area contributed by atoms with E-state index in [0.717, 1.165) is 0 Å². The first-order valence-electron chi connectivity index (χ1n) is 5.67. The molecule has 0 spiro atoms. The zero-order valence-corrected chi connectivity index (χ0v) is 12.4. The number of nitrogen functional groups attached to an aromatic ring is 1. The second kappa shape index (κ2) is 5.10. The van der Waals surface area contributed by atoms with Crippen molar-refractivity contribution in [1.29, 1.82) is 0 Å². The summed E-state index contributed by atoms with van der Waals surface area (Å²) >= 11 is 3.20. The summed E-state index contributed by atoms with van der Waals surface area (Å²) in [6, 6.07) is 4.51. The van der Waals surface area contributed by atoms with E-state index in [-0.39, 0.29) is 11.4 Å². The van der Waals surface area contributed by atoms with E-state index >= 15 is 0 Å². The van der Waals surface area contributed by atoms with Gasteiger partial charge < -0.3 is 11.5 Å². The predicted octanol–water partition coefficient (Wildman–Crippen LogP) is 0.527. The van der Waals surface area contributed by atoms with Crippen molar-refractivity contribution in [2.75, 3.05) is 18.8 Å². The second-order valence-corrected chi connectivity index (χ2v) is 7.20. The zero-order chi connectivity index (χ0) is 14.2. The number of anilines is 1. The van der Waals surface area contributed by atoms with Crippen molar-refractivity contribution >= 4 is 37.5 Å². The molecule has 0 saturated carbocycles. The molecule has 1 aromatic carbocycles. The molecule has 1 fully saturated rings. The van der Waals surface area contributed by atoms with E-state index in [1.165, 1.54) is 22.5 Å². The lowest BCUT2D eigenvalue weighted by atomic mass is 10.1. The summed E-state index contributed by atoms with van der Waals surface area (Å²) in [5, 5.41) is 0. The van der Waals surface area contributed by atoms with Crippen LogP contribution in [-0.2, 0) is 14.8 Å². The van der Waals surface area contributed by atoms with Crippen LogP contribution in [0.25, 0.3) is 0 Å². The van der Waals surface area contributed by atoms with Crippen molar-refractivity contribution in [3.8, 4) is 0 Å². The molecule has 1 saturated heterocycles. The highest BCUT2D eigenvalue weighted by Crippen LogP contribution is 2.30. The van der Waals surface area contributed by atoms with Crippen molar-refractivity contribution in [3.63, 3.8) is 0 Å². The molecule has 1 amide bonds. The molecule has 1 unspecified atom stereocenters. The van der Waals surface area contributed by atoms with Gasteiger partial charge in [-0.05, 0) is 40.5 Å². The van der Waals surface area contributed by atoms with Gasteiger partial charge in [-0.15, -0.1) is 0 Å². The monoisotopic (exact) mass is 347 g/mol. The fraction of sp³-hybridized carbons (Fsp3) is 0.364. The number of carbonyl (C=O) groups excluding carboxylic acids is 1. The number of sulfonamides is 1. The Morgan fingerprint density at radius 2 is 2.11 bits per heavy atom. The average molecular weight is 348 g/mol. The first kappa shape index (κ1) is 14.3. The van der Waals surface area contributed by atoms with Crippen LogP contribution < -0.4 is 11.5 Å². The van der Waals surface area contributed by atoms with Crippen molar-refractivity contribution in [1.82, 2.24) is 4.31 Å². The fourth-order valence-corrected chi connectivity index (χ4v) is 4.60. The van der Waals surface area contributed by atoms with Gasteiger partial charge in [-0.1, -0.05) is 0 Å². The molecule has 104 valence electrons. The lowest BCUT2D eigenvalue weighted by molar-refractivity contribution is -0.121. The molecule has 1 atom stereocenters. The molecule has 1 aromatic rings. The fourth-order valence-electron chi connectivity index (χ4n) is 2.04. The number of hydrogen-bond acceptors (Lipinski definition) is 4. The molecule has 19 heavy (non-hydrogen) atoms. The summed E-state index contributed by atoms with van der Waals surface area (Å²) in [5.74, 6) is -0.878. The molecule has 0 aromatic heterocycles. The van der Waals surface area contributed by atoms with Crippen LogP contribution in [0, 0.1) is 5.92 Å². The Hall–Kier alpha value is -1.12. The average Bonchev–Trinajstić information content (AvgIpc) is 2.78. The first-order valence-corrected chi connectivity index (χ1v) is 7.90. The Kier molecular flexibility index (Phi) is 3.84. The van der Waals surface area contributed by atoms with Crippen LogP contribution in [0.1, 0.15) is 6.42 Å². The highest BCUT2D eigenvalue weighted by molar-refractivity contribution is 9.10. The van der Waals surface area contributed by atoms with E-state index in [2.05, 4.69) is 15.9 Å². The van der Waals surface area contributed by atoms with Gasteiger partial charge in [-0.25, -0.2) is 8.42 Å². The number of nitrogens with two attached hydrogens (primary N) is 2. The van der Waals surface area contributed by atoms with E-state index in [4.69, 9.17) is 11.5 Å². The maximum atomic E-state index is 12.4. The highest BCUT2D eigenvalue weighted by Gasteiger charge is 2.35. The predicted molar refractivity (Wildman–Crippen MR) is 74.6 cm³/mol. The molecular weight excluding hydrogens is 334 g/mol. The molecule has 4 N–H and O–H groups in total. The molecule has 0 aliphatic carbocycles. The number of nitrogens with zero attached hydrogens (tertiary/aromatic N) is 1. The minimum Gasteiger partial charge on any atom is -0.399 e. The Morgan fingerprint density at radius 3 is 2.63 bits per heavy atom. The summed E-state index contributed by atoms with van der Waals surface area (Å²) in [6.45, 7) is 0.432. The van der Waals surface area contributed by atoms with Gasteiger partial charge >= 0.3 is 0 Å². The number of hydrogen-bond donors (Lipinski definition) is 2. The SMILES string of the molecule is NC(=O)C1CCN(S(=O)(=O)c2ccc(N)cc2Br)C1. The minimum absolute atomic E-state index is 0.133. The minimum atomic E-state index is -3.63. The molecule has 0 bridgehead atoms. The van der Waals surface area contributed by atoms with Gasteiger partial charge in [0, 0.05) is 23.2 Å². The molecule has 0 radical (unpaired) electrons. The van der Waals surface area contributed by atoms with Crippen LogP contribution in [0.15, 0.2) is 27.6 Å². The topological polar surface area (TPSA) is 106 Å². The molecule has 2 rings (SSSR count). The quantitative estimate of drug-likeness (QED) is 0.777. The van der Waals surface area contributed by atoms with Gasteiger partial charge in [-0.3, -0.25) is 4.79 Å². The van der Waals surface area contributed by atoms with Gasteiger partial charge in [0.1, 0.15) is 0 Å². The summed E-state index contributed by atoms with van der Waals surface area (Å²) < 4.78 is 26.6. The third kappa shape index (κ3) is 2.75. The normalized spacial score (nSPS) is 20.6. The van der Waals surface area contributed by atoms with Crippen LogP contribution in [-0.4, -0.2) is 31.7 Å². The number of rotatable bonds is 3. The molecule has 6 nitrogen and oxygen atoms in total. The highest BCUT2D eigenvalue weighted by atomic mass is 79.9. The largest absolute Gasteiger partial charge is 0.399 e. The van der Waals surface area contributed by atoms with E-state index in [1.807, 2.05) is 0 Å². The zero-order valence-electron chi connectivity index (χ0n) is 10.0. The summed E-state index contributed by atoms with van der Waals surface area (Å²) in [6.07, 6.45) is 0.459. The van der Waals surface area contributed by atoms with Crippen LogP contribution >= 0.6 is 15.9 Å². The van der Waals surface area contributed by atoms with Crippen molar-refractivity contribution in [2.24, 2.45) is 11.7 Å². The Labute approximate surface area is 119 Å². The number of halogens is 1. The van der Waals surface area contributed by atoms with Crippen LogP contribution in [0.3, 0.4) is 0 Å². The summed E-state index contributed by atoms with van der Waals surface area (Å²) in [5.41, 5.74) is 11.3. The lowest BCUT2D eigenvalue weighted by Gasteiger charge is -2.17. The number of benzene rings is 1.